The van der Waals surface area contributed by atoms with Gasteiger partial charge in [0.05, 0.1) is 12.2 Å². The lowest BCUT2D eigenvalue weighted by Crippen LogP contribution is -2.49. The molecule has 1 aliphatic heterocycles. The molecule has 1 atom stereocenters. The number of pyridine rings is 1. The van der Waals surface area contributed by atoms with Crippen molar-refractivity contribution in [3.05, 3.63) is 35.8 Å². The smallest absolute Gasteiger partial charge is 0.223 e. The first-order valence-corrected chi connectivity index (χ1v) is 7.06. The summed E-state index contributed by atoms with van der Waals surface area (Å²) in [6.07, 6.45) is 4.01. The molecule has 1 amide bonds. The molecule has 1 saturated heterocycles. The largest absolute Gasteiger partial charge is 0.350 e. The molecular weight excluding hydrogens is 323 g/mol. The van der Waals surface area contributed by atoms with Crippen LogP contribution in [0.1, 0.15) is 18.2 Å². The van der Waals surface area contributed by atoms with Gasteiger partial charge < -0.3 is 15.0 Å². The average Bonchev–Trinajstić information content (AvgIpc) is 2.75. The van der Waals surface area contributed by atoms with Gasteiger partial charge in [-0.2, -0.15) is 0 Å². The van der Waals surface area contributed by atoms with E-state index in [1.54, 1.807) is 0 Å². The van der Waals surface area contributed by atoms with Crippen LogP contribution >= 0.6 is 24.8 Å². The number of carbonyl (C=O) groups excluding carboxylic acids is 1. The van der Waals surface area contributed by atoms with E-state index in [1.807, 2.05) is 35.9 Å². The zero-order valence-corrected chi connectivity index (χ0v) is 14.3. The van der Waals surface area contributed by atoms with E-state index < -0.39 is 0 Å². The normalized spacial score (nSPS) is 15.4. The summed E-state index contributed by atoms with van der Waals surface area (Å²) >= 11 is 0. The summed E-state index contributed by atoms with van der Waals surface area (Å²) in [7, 11) is 0. The molecule has 0 aliphatic carbocycles. The fraction of sp³-hybridized carbons (Fsp3) is 0.467. The molecule has 1 aliphatic rings. The minimum absolute atomic E-state index is 0. The molecule has 0 spiro atoms. The van der Waals surface area contributed by atoms with Crippen molar-refractivity contribution in [2.45, 2.75) is 20.4 Å². The molecular formula is C15H22Cl2N4O. The number of hydrogen-bond acceptors (Lipinski definition) is 3. The first-order valence-electron chi connectivity index (χ1n) is 7.06. The lowest BCUT2D eigenvalue weighted by Gasteiger charge is -2.31. The van der Waals surface area contributed by atoms with E-state index in [1.165, 1.54) is 5.56 Å². The first kappa shape index (κ1) is 18.7. The van der Waals surface area contributed by atoms with Gasteiger partial charge in [-0.05, 0) is 37.6 Å². The van der Waals surface area contributed by atoms with Gasteiger partial charge in [-0.3, -0.25) is 4.79 Å². The number of nitrogens with one attached hydrogen (secondary N) is 2. The second-order valence-electron chi connectivity index (χ2n) is 5.63. The van der Waals surface area contributed by atoms with Crippen molar-refractivity contribution in [3.63, 3.8) is 0 Å². The van der Waals surface area contributed by atoms with E-state index in [-0.39, 0.29) is 36.6 Å². The Labute approximate surface area is 142 Å². The Morgan fingerprint density at radius 2 is 2.14 bits per heavy atom. The number of nitrogens with zero attached hydrogens (tertiary/aromatic N) is 2. The zero-order chi connectivity index (χ0) is 14.1. The molecule has 2 aromatic heterocycles. The number of imidazole rings is 1. The predicted octanol–water partition coefficient (Wildman–Crippen LogP) is 1.96. The Morgan fingerprint density at radius 1 is 1.41 bits per heavy atom. The van der Waals surface area contributed by atoms with E-state index in [4.69, 9.17) is 0 Å². The Bertz CT molecular complexity index is 640. The number of carbonyl (C=O) groups is 1. The summed E-state index contributed by atoms with van der Waals surface area (Å²) in [5.41, 5.74) is 3.00. The van der Waals surface area contributed by atoms with Crippen LogP contribution in [0.15, 0.2) is 24.5 Å². The van der Waals surface area contributed by atoms with Crippen molar-refractivity contribution in [1.82, 2.24) is 20.0 Å². The molecule has 122 valence electrons. The Hall–Kier alpha value is -1.30. The van der Waals surface area contributed by atoms with E-state index in [0.29, 0.717) is 12.5 Å². The molecule has 5 nitrogen and oxygen atoms in total. The number of aromatic nitrogens is 2. The fourth-order valence-electron chi connectivity index (χ4n) is 2.46. The maximum atomic E-state index is 12.0. The van der Waals surface area contributed by atoms with Gasteiger partial charge in [0.25, 0.3) is 0 Å². The Morgan fingerprint density at radius 3 is 2.77 bits per heavy atom. The van der Waals surface area contributed by atoms with E-state index in [9.17, 15) is 4.79 Å². The number of rotatable bonds is 4. The van der Waals surface area contributed by atoms with Crippen molar-refractivity contribution >= 4 is 36.4 Å². The molecule has 0 aromatic carbocycles. The highest BCUT2D eigenvalue weighted by molar-refractivity contribution is 5.85. The van der Waals surface area contributed by atoms with Gasteiger partial charge in [0.1, 0.15) is 5.65 Å². The maximum absolute atomic E-state index is 12.0. The molecule has 1 unspecified atom stereocenters. The second-order valence-corrected chi connectivity index (χ2v) is 5.63. The number of halogens is 2. The highest BCUT2D eigenvalue weighted by atomic mass is 35.5. The van der Waals surface area contributed by atoms with Crippen LogP contribution in [0.5, 0.6) is 0 Å². The number of aryl methyl sites for hydroxylation is 1. The van der Waals surface area contributed by atoms with Crippen LogP contribution in [-0.4, -0.2) is 28.4 Å². The molecule has 2 aromatic rings. The lowest BCUT2D eigenvalue weighted by atomic mass is 9.88. The summed E-state index contributed by atoms with van der Waals surface area (Å²) in [6.45, 7) is 6.43. The third-order valence-electron chi connectivity index (χ3n) is 4.03. The Kier molecular flexibility index (Phi) is 6.66. The van der Waals surface area contributed by atoms with Gasteiger partial charge in [-0.15, -0.1) is 24.8 Å². The quantitative estimate of drug-likeness (QED) is 0.891. The molecule has 1 fully saturated rings. The van der Waals surface area contributed by atoms with E-state index >= 15 is 0 Å². The van der Waals surface area contributed by atoms with Gasteiger partial charge in [-0.25, -0.2) is 4.98 Å². The van der Waals surface area contributed by atoms with Gasteiger partial charge in [0.2, 0.25) is 5.91 Å². The van der Waals surface area contributed by atoms with Crippen LogP contribution in [0.4, 0.5) is 0 Å². The van der Waals surface area contributed by atoms with Crippen LogP contribution in [0, 0.1) is 18.8 Å². The topological polar surface area (TPSA) is 58.4 Å². The van der Waals surface area contributed by atoms with Crippen molar-refractivity contribution in [2.24, 2.45) is 11.8 Å². The molecule has 3 rings (SSSR count). The standard InChI is InChI=1S/C15H20N4O.2ClH/c1-10-3-4-14-18-13(9-19(14)8-10)7-17-15(20)11(2)12-5-16-6-12;;/h3-4,8-9,11-12,16H,5-7H2,1-2H3,(H,17,20);2*1H. The highest BCUT2D eigenvalue weighted by Gasteiger charge is 2.28. The summed E-state index contributed by atoms with van der Waals surface area (Å²) in [5, 5.41) is 6.18. The minimum atomic E-state index is 0. The third kappa shape index (κ3) is 3.91. The van der Waals surface area contributed by atoms with Crippen LogP contribution in [0.2, 0.25) is 0 Å². The van der Waals surface area contributed by atoms with Crippen LogP contribution < -0.4 is 10.6 Å². The molecule has 7 heteroatoms. The Balaban J connectivity index is 0.00000121. The minimum Gasteiger partial charge on any atom is -0.350 e. The molecule has 2 N–H and O–H groups in total. The second kappa shape index (κ2) is 7.81. The number of amides is 1. The summed E-state index contributed by atoms with van der Waals surface area (Å²) < 4.78 is 2.00. The van der Waals surface area contributed by atoms with Crippen molar-refractivity contribution < 1.29 is 4.79 Å². The van der Waals surface area contributed by atoms with Crippen molar-refractivity contribution in [1.29, 1.82) is 0 Å². The van der Waals surface area contributed by atoms with Crippen LogP contribution in [0.3, 0.4) is 0 Å². The van der Waals surface area contributed by atoms with E-state index in [0.717, 1.165) is 24.4 Å². The van der Waals surface area contributed by atoms with Gasteiger partial charge in [0, 0.05) is 18.3 Å². The van der Waals surface area contributed by atoms with Crippen LogP contribution in [-0.2, 0) is 11.3 Å². The summed E-state index contributed by atoms with van der Waals surface area (Å²) in [4.78, 5) is 16.5. The number of fused-ring (bicyclic) bond motifs is 1. The van der Waals surface area contributed by atoms with Gasteiger partial charge >= 0.3 is 0 Å². The molecule has 0 saturated carbocycles. The monoisotopic (exact) mass is 344 g/mol. The highest BCUT2D eigenvalue weighted by Crippen LogP contribution is 2.16. The molecule has 0 bridgehead atoms. The third-order valence-corrected chi connectivity index (χ3v) is 4.03. The zero-order valence-electron chi connectivity index (χ0n) is 12.7. The maximum Gasteiger partial charge on any atom is 0.223 e. The lowest BCUT2D eigenvalue weighted by molar-refractivity contribution is -0.126. The summed E-state index contributed by atoms with van der Waals surface area (Å²) in [5.74, 6) is 0.652. The molecule has 3 heterocycles. The SMILES string of the molecule is Cc1ccc2nc(CNC(=O)C(C)C3CNC3)cn2c1.Cl.Cl. The number of hydrogen-bond donors (Lipinski definition) is 2. The van der Waals surface area contributed by atoms with E-state index in [2.05, 4.69) is 22.5 Å². The molecule has 22 heavy (non-hydrogen) atoms. The predicted molar refractivity (Wildman–Crippen MR) is 91.8 cm³/mol. The van der Waals surface area contributed by atoms with Gasteiger partial charge in [0.15, 0.2) is 0 Å². The van der Waals surface area contributed by atoms with Gasteiger partial charge in [-0.1, -0.05) is 13.0 Å². The molecule has 0 radical (unpaired) electrons. The first-order chi connectivity index (χ1) is 9.63. The summed E-state index contributed by atoms with van der Waals surface area (Å²) in [6, 6.07) is 4.03. The fourth-order valence-corrected chi connectivity index (χ4v) is 2.46. The van der Waals surface area contributed by atoms with Crippen molar-refractivity contribution in [3.8, 4) is 0 Å². The van der Waals surface area contributed by atoms with Crippen LogP contribution in [0.25, 0.3) is 5.65 Å². The average molecular weight is 345 g/mol. The van der Waals surface area contributed by atoms with Crippen molar-refractivity contribution in [2.75, 3.05) is 13.1 Å².